The van der Waals surface area contributed by atoms with E-state index in [9.17, 15) is 10.1 Å². The molecule has 0 saturated carbocycles. The molecule has 0 unspecified atom stereocenters. The maximum Gasteiger partial charge on any atom is 0.258 e. The Balaban J connectivity index is 2.15. The molecular formula is C20H13Cl2N3O2. The number of nitrogens with two attached hydrogens (primary N) is 1. The number of rotatable bonds is 1. The maximum atomic E-state index is 13.2. The fourth-order valence-corrected chi connectivity index (χ4v) is 3.99. The molecule has 1 aromatic heterocycles. The van der Waals surface area contributed by atoms with Crippen molar-refractivity contribution in [2.75, 3.05) is 0 Å². The van der Waals surface area contributed by atoms with Crippen LogP contribution in [0.5, 0.6) is 5.75 Å². The number of nitrogens with zero attached hydrogens (tertiary/aromatic N) is 2. The van der Waals surface area contributed by atoms with Gasteiger partial charge in [0.1, 0.15) is 17.4 Å². The largest absolute Gasteiger partial charge is 0.439 e. The van der Waals surface area contributed by atoms with E-state index in [2.05, 4.69) is 6.07 Å². The van der Waals surface area contributed by atoms with Gasteiger partial charge in [-0.15, -0.1) is 0 Å². The SMILES string of the molecule is Cn1c(=O)c2c(c3ccccc31)OC(N)=C(C#N)[C@H]2c1ccc(Cl)cc1Cl. The van der Waals surface area contributed by atoms with Gasteiger partial charge < -0.3 is 15.0 Å². The standard InChI is InChI=1S/C20H13Cl2N3O2/c1-25-15-5-3-2-4-12(15)18-17(20(25)26)16(13(9-23)19(24)27-18)11-7-6-10(21)8-14(11)22/h2-8,16H,24H2,1H3/t16-/m1/s1. The Labute approximate surface area is 164 Å². The number of aryl methyl sites for hydroxylation is 1. The molecule has 0 amide bonds. The molecule has 4 rings (SSSR count). The van der Waals surface area contributed by atoms with Crippen LogP contribution in [-0.4, -0.2) is 4.57 Å². The van der Waals surface area contributed by atoms with E-state index >= 15 is 0 Å². The number of fused-ring (bicyclic) bond motifs is 3. The van der Waals surface area contributed by atoms with E-state index in [4.69, 9.17) is 33.7 Å². The predicted octanol–water partition coefficient (Wildman–Crippen LogP) is 4.06. The number of nitriles is 1. The number of benzene rings is 2. The Morgan fingerprint density at radius 2 is 1.96 bits per heavy atom. The Morgan fingerprint density at radius 3 is 2.67 bits per heavy atom. The van der Waals surface area contributed by atoms with Gasteiger partial charge in [0.05, 0.1) is 17.0 Å². The van der Waals surface area contributed by atoms with E-state index < -0.39 is 5.92 Å². The zero-order chi connectivity index (χ0) is 19.3. The predicted molar refractivity (Wildman–Crippen MR) is 105 cm³/mol. The second-order valence-electron chi connectivity index (χ2n) is 6.21. The molecule has 0 radical (unpaired) electrons. The summed E-state index contributed by atoms with van der Waals surface area (Å²) < 4.78 is 7.28. The molecule has 2 heterocycles. The minimum atomic E-state index is -0.744. The van der Waals surface area contributed by atoms with Crippen molar-refractivity contribution in [2.45, 2.75) is 5.92 Å². The van der Waals surface area contributed by atoms with Crippen molar-refractivity contribution in [2.24, 2.45) is 12.8 Å². The zero-order valence-corrected chi connectivity index (χ0v) is 15.7. The summed E-state index contributed by atoms with van der Waals surface area (Å²) >= 11 is 12.4. The Bertz CT molecular complexity index is 1240. The quantitative estimate of drug-likeness (QED) is 0.670. The first kappa shape index (κ1) is 17.5. The highest BCUT2D eigenvalue weighted by Gasteiger charge is 2.36. The Morgan fingerprint density at radius 1 is 1.22 bits per heavy atom. The summed E-state index contributed by atoms with van der Waals surface area (Å²) in [4.78, 5) is 13.2. The molecule has 0 saturated heterocycles. The van der Waals surface area contributed by atoms with E-state index in [1.54, 1.807) is 25.2 Å². The van der Waals surface area contributed by atoms with Crippen molar-refractivity contribution in [3.05, 3.63) is 85.4 Å². The molecule has 2 aromatic carbocycles. The number of ether oxygens (including phenoxy) is 1. The van der Waals surface area contributed by atoms with Crippen molar-refractivity contribution in [3.8, 4) is 11.8 Å². The van der Waals surface area contributed by atoms with Crippen LogP contribution in [0.2, 0.25) is 10.0 Å². The van der Waals surface area contributed by atoms with Crippen molar-refractivity contribution in [1.29, 1.82) is 5.26 Å². The smallest absolute Gasteiger partial charge is 0.258 e. The van der Waals surface area contributed by atoms with Crippen LogP contribution in [0.1, 0.15) is 17.0 Å². The monoisotopic (exact) mass is 397 g/mol. The van der Waals surface area contributed by atoms with Crippen LogP contribution >= 0.6 is 23.2 Å². The summed E-state index contributed by atoms with van der Waals surface area (Å²) in [6.45, 7) is 0. The molecule has 0 fully saturated rings. The molecule has 0 aliphatic carbocycles. The lowest BCUT2D eigenvalue weighted by Crippen LogP contribution is -2.31. The van der Waals surface area contributed by atoms with Gasteiger partial charge in [-0.1, -0.05) is 41.4 Å². The van der Waals surface area contributed by atoms with E-state index in [0.29, 0.717) is 32.4 Å². The topological polar surface area (TPSA) is 81.0 Å². The third-order valence-corrected chi connectivity index (χ3v) is 5.30. The normalized spacial score (nSPS) is 16.0. The highest BCUT2D eigenvalue weighted by Crippen LogP contribution is 2.45. The lowest BCUT2D eigenvalue weighted by atomic mass is 9.83. The summed E-state index contributed by atoms with van der Waals surface area (Å²) in [5, 5.41) is 11.2. The van der Waals surface area contributed by atoms with Crippen LogP contribution in [0.15, 0.2) is 58.7 Å². The first-order chi connectivity index (χ1) is 12.9. The third kappa shape index (κ3) is 2.57. The van der Waals surface area contributed by atoms with Crippen LogP contribution in [0.25, 0.3) is 10.9 Å². The van der Waals surface area contributed by atoms with Gasteiger partial charge in [-0.3, -0.25) is 4.79 Å². The number of pyridine rings is 1. The summed E-state index contributed by atoms with van der Waals surface area (Å²) in [7, 11) is 1.68. The van der Waals surface area contributed by atoms with Gasteiger partial charge in [-0.2, -0.15) is 5.26 Å². The first-order valence-electron chi connectivity index (χ1n) is 8.08. The fraction of sp³-hybridized carbons (Fsp3) is 0.100. The van der Waals surface area contributed by atoms with E-state index in [-0.39, 0.29) is 17.0 Å². The van der Waals surface area contributed by atoms with Crippen molar-refractivity contribution >= 4 is 34.1 Å². The number of halogens is 2. The summed E-state index contributed by atoms with van der Waals surface area (Å²) in [5.74, 6) is -0.438. The Kier molecular flexibility index (Phi) is 4.11. The van der Waals surface area contributed by atoms with Crippen LogP contribution in [-0.2, 0) is 7.05 Å². The summed E-state index contributed by atoms with van der Waals surface area (Å²) in [6, 6.07) is 14.4. The molecule has 134 valence electrons. The molecule has 3 aromatic rings. The number of para-hydroxylation sites is 1. The number of hydrogen-bond acceptors (Lipinski definition) is 4. The second-order valence-corrected chi connectivity index (χ2v) is 7.06. The lowest BCUT2D eigenvalue weighted by Gasteiger charge is -2.28. The van der Waals surface area contributed by atoms with Gasteiger partial charge in [0, 0.05) is 22.5 Å². The van der Waals surface area contributed by atoms with Crippen LogP contribution in [0.4, 0.5) is 0 Å². The molecule has 0 spiro atoms. The van der Waals surface area contributed by atoms with Crippen LogP contribution in [0, 0.1) is 11.3 Å². The number of allylic oxidation sites excluding steroid dienone is 1. The Hall–Kier alpha value is -2.94. The van der Waals surface area contributed by atoms with Crippen LogP contribution in [0.3, 0.4) is 0 Å². The third-order valence-electron chi connectivity index (χ3n) is 4.74. The average molecular weight is 398 g/mol. The average Bonchev–Trinajstić information content (AvgIpc) is 2.65. The molecule has 7 heteroatoms. The fourth-order valence-electron chi connectivity index (χ4n) is 3.47. The van der Waals surface area contributed by atoms with E-state index in [1.165, 1.54) is 4.57 Å². The maximum absolute atomic E-state index is 13.2. The summed E-state index contributed by atoms with van der Waals surface area (Å²) in [5.41, 5.74) is 7.50. The molecular weight excluding hydrogens is 385 g/mol. The van der Waals surface area contributed by atoms with E-state index in [1.807, 2.05) is 24.3 Å². The molecule has 1 aliphatic heterocycles. The molecule has 1 atom stereocenters. The van der Waals surface area contributed by atoms with Gasteiger partial charge in [0.25, 0.3) is 5.56 Å². The zero-order valence-electron chi connectivity index (χ0n) is 14.2. The number of aromatic nitrogens is 1. The lowest BCUT2D eigenvalue weighted by molar-refractivity contribution is 0.396. The highest BCUT2D eigenvalue weighted by atomic mass is 35.5. The van der Waals surface area contributed by atoms with Gasteiger partial charge in [0.15, 0.2) is 0 Å². The molecule has 5 nitrogen and oxygen atoms in total. The van der Waals surface area contributed by atoms with Crippen molar-refractivity contribution in [3.63, 3.8) is 0 Å². The van der Waals surface area contributed by atoms with Crippen molar-refractivity contribution in [1.82, 2.24) is 4.57 Å². The minimum Gasteiger partial charge on any atom is -0.439 e. The van der Waals surface area contributed by atoms with E-state index in [0.717, 1.165) is 5.39 Å². The van der Waals surface area contributed by atoms with Crippen molar-refractivity contribution < 1.29 is 4.74 Å². The minimum absolute atomic E-state index is 0.0422. The molecule has 27 heavy (non-hydrogen) atoms. The molecule has 2 N–H and O–H groups in total. The first-order valence-corrected chi connectivity index (χ1v) is 8.83. The molecule has 1 aliphatic rings. The number of hydrogen-bond donors (Lipinski definition) is 1. The van der Waals surface area contributed by atoms with Crippen LogP contribution < -0.4 is 16.0 Å². The second kappa shape index (κ2) is 6.34. The van der Waals surface area contributed by atoms with Gasteiger partial charge >= 0.3 is 0 Å². The van der Waals surface area contributed by atoms with Gasteiger partial charge in [-0.25, -0.2) is 0 Å². The van der Waals surface area contributed by atoms with Gasteiger partial charge in [-0.05, 0) is 29.8 Å². The highest BCUT2D eigenvalue weighted by molar-refractivity contribution is 6.35. The van der Waals surface area contributed by atoms with Gasteiger partial charge in [0.2, 0.25) is 5.88 Å². The molecule has 0 bridgehead atoms. The summed E-state index contributed by atoms with van der Waals surface area (Å²) in [6.07, 6.45) is 0.